The largest absolute Gasteiger partial charge is 0.252 e. The number of rotatable bonds is 10. The van der Waals surface area contributed by atoms with Gasteiger partial charge >= 0.3 is 0 Å². The van der Waals surface area contributed by atoms with Gasteiger partial charge in [0.25, 0.3) is 0 Å². The van der Waals surface area contributed by atoms with Crippen LogP contribution in [0.25, 0.3) is 0 Å². The molecule has 0 aromatic carbocycles. The normalized spacial score (nSPS) is 13.6. The quantitative estimate of drug-likeness (QED) is 0.551. The Morgan fingerprint density at radius 1 is 1.14 bits per heavy atom. The molecule has 0 bridgehead atoms. The van der Waals surface area contributed by atoms with Gasteiger partial charge in [-0.15, -0.1) is 5.10 Å². The van der Waals surface area contributed by atoms with Crippen molar-refractivity contribution < 1.29 is 0 Å². The Morgan fingerprint density at radius 2 is 1.90 bits per heavy atom. The van der Waals surface area contributed by atoms with Crippen molar-refractivity contribution in [2.24, 2.45) is 11.3 Å². The molecule has 21 heavy (non-hydrogen) atoms. The average Bonchev–Trinajstić information content (AvgIpc) is 2.82. The summed E-state index contributed by atoms with van der Waals surface area (Å²) in [5.74, 6) is 0.849. The fourth-order valence-corrected chi connectivity index (χ4v) is 2.76. The Kier molecular flexibility index (Phi) is 7.98. The minimum Gasteiger partial charge on any atom is -0.252 e. The first-order valence-corrected chi connectivity index (χ1v) is 8.79. The van der Waals surface area contributed by atoms with Crippen LogP contribution in [-0.4, -0.2) is 15.0 Å². The highest BCUT2D eigenvalue weighted by molar-refractivity contribution is 4.92. The summed E-state index contributed by atoms with van der Waals surface area (Å²) in [7, 11) is 0. The number of hydrogen-bond acceptors (Lipinski definition) is 2. The van der Waals surface area contributed by atoms with E-state index < -0.39 is 0 Å². The van der Waals surface area contributed by atoms with Crippen LogP contribution in [0.15, 0.2) is 6.20 Å². The lowest BCUT2D eigenvalue weighted by Crippen LogP contribution is -2.06. The van der Waals surface area contributed by atoms with Crippen molar-refractivity contribution in [2.45, 2.75) is 92.5 Å². The molecule has 1 atom stereocenters. The Balaban J connectivity index is 2.18. The third-order valence-electron chi connectivity index (χ3n) is 4.06. The highest BCUT2D eigenvalue weighted by atomic mass is 15.4. The van der Waals surface area contributed by atoms with E-state index >= 15 is 0 Å². The lowest BCUT2D eigenvalue weighted by Gasteiger charge is -2.17. The maximum absolute atomic E-state index is 4.30. The van der Waals surface area contributed by atoms with E-state index in [0.29, 0.717) is 5.41 Å². The Hall–Kier alpha value is -0.860. The van der Waals surface area contributed by atoms with E-state index in [-0.39, 0.29) is 0 Å². The van der Waals surface area contributed by atoms with Crippen LogP contribution in [0.3, 0.4) is 0 Å². The first-order valence-electron chi connectivity index (χ1n) is 8.79. The van der Waals surface area contributed by atoms with Gasteiger partial charge in [-0.05, 0) is 37.0 Å². The number of aromatic nitrogens is 3. The molecule has 1 aromatic heterocycles. The summed E-state index contributed by atoms with van der Waals surface area (Å²) in [6, 6.07) is 0. The number of unbranched alkanes of at least 4 members (excludes halogenated alkanes) is 1. The maximum atomic E-state index is 4.30. The van der Waals surface area contributed by atoms with Crippen LogP contribution in [0.1, 0.15) is 85.3 Å². The second-order valence-corrected chi connectivity index (χ2v) is 7.78. The molecule has 3 heteroatoms. The van der Waals surface area contributed by atoms with Gasteiger partial charge in [0.2, 0.25) is 0 Å². The summed E-state index contributed by atoms with van der Waals surface area (Å²) >= 11 is 0. The van der Waals surface area contributed by atoms with Crippen LogP contribution >= 0.6 is 0 Å². The molecule has 0 aliphatic heterocycles. The van der Waals surface area contributed by atoms with Crippen molar-refractivity contribution in [3.63, 3.8) is 0 Å². The maximum Gasteiger partial charge on any atom is 0.0827 e. The smallest absolute Gasteiger partial charge is 0.0827 e. The Morgan fingerprint density at radius 3 is 2.57 bits per heavy atom. The molecule has 0 spiro atoms. The number of hydrogen-bond donors (Lipinski definition) is 0. The second-order valence-electron chi connectivity index (χ2n) is 7.78. The lowest BCUT2D eigenvalue weighted by atomic mass is 9.90. The summed E-state index contributed by atoms with van der Waals surface area (Å²) in [6.07, 6.45) is 12.2. The molecule has 1 heterocycles. The minimum absolute atomic E-state index is 0.447. The van der Waals surface area contributed by atoms with Crippen LogP contribution in [-0.2, 0) is 13.0 Å². The molecule has 0 saturated carbocycles. The van der Waals surface area contributed by atoms with Crippen LogP contribution in [0, 0.1) is 11.3 Å². The number of aryl methyl sites for hydroxylation is 2. The van der Waals surface area contributed by atoms with Gasteiger partial charge < -0.3 is 0 Å². The average molecular weight is 293 g/mol. The second kappa shape index (κ2) is 9.22. The molecule has 0 saturated heterocycles. The van der Waals surface area contributed by atoms with E-state index in [0.717, 1.165) is 24.6 Å². The molecule has 0 N–H and O–H groups in total. The summed E-state index contributed by atoms with van der Waals surface area (Å²) in [6.45, 7) is 12.5. The predicted octanol–water partition coefficient (Wildman–Crippen LogP) is 5.25. The molecule has 3 nitrogen and oxygen atoms in total. The first-order chi connectivity index (χ1) is 9.90. The molecule has 0 aliphatic carbocycles. The van der Waals surface area contributed by atoms with Gasteiger partial charge in [0.05, 0.1) is 5.69 Å². The van der Waals surface area contributed by atoms with E-state index in [4.69, 9.17) is 0 Å². The molecule has 0 fully saturated rings. The van der Waals surface area contributed by atoms with E-state index in [1.807, 2.05) is 4.68 Å². The Bertz CT molecular complexity index is 376. The number of nitrogens with zero attached hydrogens (tertiary/aromatic N) is 3. The van der Waals surface area contributed by atoms with Crippen molar-refractivity contribution in [2.75, 3.05) is 0 Å². The van der Waals surface area contributed by atoms with Crippen LogP contribution in [0.5, 0.6) is 0 Å². The van der Waals surface area contributed by atoms with E-state index in [9.17, 15) is 0 Å². The monoisotopic (exact) mass is 293 g/mol. The zero-order valence-electron chi connectivity index (χ0n) is 14.9. The highest BCUT2D eigenvalue weighted by Crippen LogP contribution is 2.21. The van der Waals surface area contributed by atoms with Crippen LogP contribution in [0.4, 0.5) is 0 Å². The van der Waals surface area contributed by atoms with Gasteiger partial charge in [-0.25, -0.2) is 0 Å². The van der Waals surface area contributed by atoms with Gasteiger partial charge in [-0.3, -0.25) is 4.68 Å². The molecule has 1 rings (SSSR count). The third-order valence-corrected chi connectivity index (χ3v) is 4.06. The topological polar surface area (TPSA) is 30.7 Å². The van der Waals surface area contributed by atoms with Crippen molar-refractivity contribution in [3.05, 3.63) is 11.9 Å². The Labute approximate surface area is 131 Å². The molecule has 0 amide bonds. The van der Waals surface area contributed by atoms with Crippen molar-refractivity contribution in [3.8, 4) is 0 Å². The lowest BCUT2D eigenvalue weighted by molar-refractivity contribution is 0.352. The molecular formula is C18H35N3. The standard InChI is InChI=1S/C18H35N3/c1-6-10-16(2)11-9-12-17-15-21(20-19-17)14-8-7-13-18(3,4)5/h15-16H,6-14H2,1-5H3. The van der Waals surface area contributed by atoms with Crippen LogP contribution < -0.4 is 0 Å². The van der Waals surface area contributed by atoms with Gasteiger partial charge in [0.15, 0.2) is 0 Å². The summed E-state index contributed by atoms with van der Waals surface area (Å²) in [5, 5.41) is 8.55. The molecule has 0 radical (unpaired) electrons. The molecule has 122 valence electrons. The first kappa shape index (κ1) is 18.2. The molecule has 1 aromatic rings. The van der Waals surface area contributed by atoms with Crippen molar-refractivity contribution in [1.82, 2.24) is 15.0 Å². The van der Waals surface area contributed by atoms with E-state index in [1.54, 1.807) is 0 Å². The van der Waals surface area contributed by atoms with Gasteiger partial charge in [0.1, 0.15) is 0 Å². The summed E-state index contributed by atoms with van der Waals surface area (Å²) in [5.41, 5.74) is 1.61. The van der Waals surface area contributed by atoms with E-state index in [2.05, 4.69) is 51.1 Å². The summed E-state index contributed by atoms with van der Waals surface area (Å²) < 4.78 is 2.02. The van der Waals surface area contributed by atoms with Crippen LogP contribution in [0.2, 0.25) is 0 Å². The highest BCUT2D eigenvalue weighted by Gasteiger charge is 2.09. The van der Waals surface area contributed by atoms with Crippen molar-refractivity contribution >= 4 is 0 Å². The zero-order chi connectivity index (χ0) is 15.7. The fraction of sp³-hybridized carbons (Fsp3) is 0.889. The molecular weight excluding hydrogens is 258 g/mol. The van der Waals surface area contributed by atoms with Gasteiger partial charge in [0, 0.05) is 12.7 Å². The van der Waals surface area contributed by atoms with Crippen molar-refractivity contribution in [1.29, 1.82) is 0 Å². The predicted molar refractivity (Wildman–Crippen MR) is 90.3 cm³/mol. The summed E-state index contributed by atoms with van der Waals surface area (Å²) in [4.78, 5) is 0. The SMILES string of the molecule is CCCC(C)CCCc1cn(CCCCC(C)(C)C)nn1. The molecule has 1 unspecified atom stereocenters. The minimum atomic E-state index is 0.447. The third kappa shape index (κ3) is 8.90. The van der Waals surface area contributed by atoms with E-state index in [1.165, 1.54) is 44.9 Å². The fourth-order valence-electron chi connectivity index (χ4n) is 2.76. The van der Waals surface area contributed by atoms with Gasteiger partial charge in [-0.2, -0.15) is 0 Å². The van der Waals surface area contributed by atoms with Gasteiger partial charge in [-0.1, -0.05) is 65.5 Å². The molecule has 0 aliphatic rings. The zero-order valence-corrected chi connectivity index (χ0v) is 14.9.